The number of likely N-dealkylation sites (N-methyl/N-ethyl adjacent to an activating group) is 1. The van der Waals surface area contributed by atoms with Crippen LogP contribution in [0.4, 0.5) is 0 Å². The molecule has 3 atom stereocenters. The number of nitrogens with one attached hydrogen (secondary N) is 1. The second kappa shape index (κ2) is 40.4. The van der Waals surface area contributed by atoms with Gasteiger partial charge in [0.15, 0.2) is 0 Å². The predicted octanol–water partition coefficient (Wildman–Crippen LogP) is 13.7. The van der Waals surface area contributed by atoms with Crippen LogP contribution >= 0.6 is 7.82 Å². The van der Waals surface area contributed by atoms with Crippen molar-refractivity contribution in [1.82, 2.24) is 5.32 Å². The van der Waals surface area contributed by atoms with Crippen LogP contribution in [0.3, 0.4) is 0 Å². The fourth-order valence-corrected chi connectivity index (χ4v) is 7.81. The Morgan fingerprint density at radius 2 is 1.00 bits per heavy atom. The lowest BCUT2D eigenvalue weighted by Gasteiger charge is -2.26. The van der Waals surface area contributed by atoms with Gasteiger partial charge < -0.3 is 19.8 Å². The number of amides is 1. The van der Waals surface area contributed by atoms with Gasteiger partial charge in [-0.25, -0.2) is 4.57 Å². The molecular formula is C48H96N2O6P+. The largest absolute Gasteiger partial charge is 0.472 e. The summed E-state index contributed by atoms with van der Waals surface area (Å²) in [6, 6.07) is -0.765. The SMILES string of the molecule is CCCCC/C=C\C/C=C\CCCCCCCC(=O)NC(COP(=O)(O)OCC[N+](C)(C)C)C(O)CCCCCCCCCCCCCCCCCCCCCC. The second-order valence-corrected chi connectivity index (χ2v) is 19.3. The van der Waals surface area contributed by atoms with E-state index in [-0.39, 0.29) is 19.1 Å². The van der Waals surface area contributed by atoms with Crippen LogP contribution in [0, 0.1) is 0 Å². The second-order valence-electron chi connectivity index (χ2n) is 17.8. The third kappa shape index (κ3) is 42.9. The van der Waals surface area contributed by atoms with Gasteiger partial charge >= 0.3 is 7.82 Å². The van der Waals surface area contributed by atoms with E-state index in [1.54, 1.807) is 0 Å². The number of carbonyl (C=O) groups excluding carboxylic acids is 1. The zero-order valence-electron chi connectivity index (χ0n) is 38.3. The third-order valence-electron chi connectivity index (χ3n) is 11.0. The smallest absolute Gasteiger partial charge is 0.391 e. The number of aliphatic hydroxyl groups excluding tert-OH is 1. The summed E-state index contributed by atoms with van der Waals surface area (Å²) in [5, 5.41) is 14.0. The fraction of sp³-hybridized carbons (Fsp3) is 0.896. The number of phosphoric ester groups is 1. The highest BCUT2D eigenvalue weighted by molar-refractivity contribution is 7.47. The minimum absolute atomic E-state index is 0.0725. The molecule has 8 nitrogen and oxygen atoms in total. The lowest BCUT2D eigenvalue weighted by atomic mass is 10.0. The van der Waals surface area contributed by atoms with E-state index in [0.29, 0.717) is 23.9 Å². The quantitative estimate of drug-likeness (QED) is 0.0244. The molecular weight excluding hydrogens is 732 g/mol. The first kappa shape index (κ1) is 56.0. The Morgan fingerprint density at radius 1 is 0.596 bits per heavy atom. The van der Waals surface area contributed by atoms with Crippen molar-refractivity contribution in [3.8, 4) is 0 Å². The third-order valence-corrected chi connectivity index (χ3v) is 11.9. The molecule has 0 spiro atoms. The molecule has 3 N–H and O–H groups in total. The number of quaternary nitrogens is 1. The number of hydrogen-bond acceptors (Lipinski definition) is 5. The van der Waals surface area contributed by atoms with Crippen molar-refractivity contribution in [3.05, 3.63) is 24.3 Å². The van der Waals surface area contributed by atoms with Gasteiger partial charge in [0, 0.05) is 6.42 Å². The van der Waals surface area contributed by atoms with Gasteiger partial charge in [-0.2, -0.15) is 0 Å². The molecule has 0 saturated carbocycles. The van der Waals surface area contributed by atoms with Crippen molar-refractivity contribution in [2.45, 2.75) is 238 Å². The van der Waals surface area contributed by atoms with Crippen molar-refractivity contribution in [3.63, 3.8) is 0 Å². The Bertz CT molecular complexity index is 984. The van der Waals surface area contributed by atoms with Gasteiger partial charge in [-0.05, 0) is 44.9 Å². The molecule has 0 aromatic rings. The number of allylic oxidation sites excluding steroid dienone is 4. The van der Waals surface area contributed by atoms with Crippen LogP contribution in [-0.4, -0.2) is 73.4 Å². The first-order valence-corrected chi connectivity index (χ1v) is 25.7. The van der Waals surface area contributed by atoms with Gasteiger partial charge in [0.1, 0.15) is 13.2 Å². The number of phosphoric acid groups is 1. The zero-order chi connectivity index (χ0) is 42.1. The summed E-state index contributed by atoms with van der Waals surface area (Å²) >= 11 is 0. The van der Waals surface area contributed by atoms with E-state index < -0.39 is 20.0 Å². The summed E-state index contributed by atoms with van der Waals surface area (Å²) in [4.78, 5) is 23.2. The molecule has 0 rings (SSSR count). The Morgan fingerprint density at radius 3 is 1.47 bits per heavy atom. The van der Waals surface area contributed by atoms with Crippen molar-refractivity contribution >= 4 is 13.7 Å². The molecule has 338 valence electrons. The van der Waals surface area contributed by atoms with Crippen molar-refractivity contribution in [2.24, 2.45) is 0 Å². The normalized spacial score (nSPS) is 14.4. The van der Waals surface area contributed by atoms with Crippen molar-refractivity contribution < 1.29 is 32.9 Å². The molecule has 9 heteroatoms. The van der Waals surface area contributed by atoms with Crippen LogP contribution in [0.5, 0.6) is 0 Å². The van der Waals surface area contributed by atoms with E-state index in [1.807, 2.05) is 21.1 Å². The fourth-order valence-electron chi connectivity index (χ4n) is 7.08. The predicted molar refractivity (Wildman–Crippen MR) is 245 cm³/mol. The molecule has 1 amide bonds. The van der Waals surface area contributed by atoms with E-state index >= 15 is 0 Å². The number of aliphatic hydroxyl groups is 1. The highest BCUT2D eigenvalue weighted by Gasteiger charge is 2.28. The van der Waals surface area contributed by atoms with Crippen LogP contribution < -0.4 is 5.32 Å². The molecule has 0 aliphatic rings. The molecule has 57 heavy (non-hydrogen) atoms. The summed E-state index contributed by atoms with van der Waals surface area (Å²) in [5.41, 5.74) is 0. The van der Waals surface area contributed by atoms with Crippen LogP contribution in [0.1, 0.15) is 226 Å². The summed E-state index contributed by atoms with van der Waals surface area (Å²) in [5.74, 6) is -0.157. The molecule has 0 saturated heterocycles. The van der Waals surface area contributed by atoms with E-state index in [0.717, 1.165) is 64.2 Å². The van der Waals surface area contributed by atoms with E-state index in [9.17, 15) is 19.4 Å². The maximum absolute atomic E-state index is 12.9. The standard InChI is InChI=1S/C48H95N2O6P/c1-6-8-10-12-14-16-18-20-22-23-24-25-26-28-29-31-33-35-37-39-41-47(51)46(45-56-57(53,54)55-44-43-50(3,4)5)49-48(52)42-40-38-36-34-32-30-27-21-19-17-15-13-11-9-7-2/h15,17,21,27,46-47,51H,6-14,16,18-20,22-26,28-45H2,1-5H3,(H-,49,52,53,54)/p+1/b17-15-,27-21-. The molecule has 0 aliphatic heterocycles. The number of rotatable bonds is 44. The number of nitrogens with zero attached hydrogens (tertiary/aromatic N) is 1. The molecule has 0 aromatic carbocycles. The minimum Gasteiger partial charge on any atom is -0.391 e. The molecule has 0 aliphatic carbocycles. The molecule has 0 heterocycles. The first-order chi connectivity index (χ1) is 27.5. The van der Waals surface area contributed by atoms with Gasteiger partial charge in [0.25, 0.3) is 0 Å². The summed E-state index contributed by atoms with van der Waals surface area (Å²) < 4.78 is 23.7. The summed E-state index contributed by atoms with van der Waals surface area (Å²) in [6.45, 7) is 4.86. The Kier molecular flexibility index (Phi) is 39.7. The van der Waals surface area contributed by atoms with Gasteiger partial charge in [0.2, 0.25) is 5.91 Å². The van der Waals surface area contributed by atoms with Gasteiger partial charge in [-0.15, -0.1) is 0 Å². The summed E-state index contributed by atoms with van der Waals surface area (Å²) in [6.07, 6.45) is 47.8. The Balaban J connectivity index is 4.30. The van der Waals surface area contributed by atoms with Gasteiger partial charge in [0.05, 0.1) is 39.9 Å². The summed E-state index contributed by atoms with van der Waals surface area (Å²) in [7, 11) is 1.61. The lowest BCUT2D eigenvalue weighted by molar-refractivity contribution is -0.870. The van der Waals surface area contributed by atoms with E-state index in [2.05, 4.69) is 43.5 Å². The average molecular weight is 828 g/mol. The number of unbranched alkanes of at least 4 members (excludes halogenated alkanes) is 27. The van der Waals surface area contributed by atoms with Crippen molar-refractivity contribution in [1.29, 1.82) is 0 Å². The van der Waals surface area contributed by atoms with E-state index in [4.69, 9.17) is 9.05 Å². The molecule has 0 aromatic heterocycles. The highest BCUT2D eigenvalue weighted by Crippen LogP contribution is 2.43. The topological polar surface area (TPSA) is 105 Å². The van der Waals surface area contributed by atoms with Crippen LogP contribution in [-0.2, 0) is 18.4 Å². The van der Waals surface area contributed by atoms with Crippen LogP contribution in [0.25, 0.3) is 0 Å². The Hall–Kier alpha value is -1.02. The van der Waals surface area contributed by atoms with Gasteiger partial charge in [-0.3, -0.25) is 13.8 Å². The monoisotopic (exact) mass is 828 g/mol. The average Bonchev–Trinajstić information content (AvgIpc) is 3.16. The molecule has 0 radical (unpaired) electrons. The van der Waals surface area contributed by atoms with Gasteiger partial charge in [-0.1, -0.05) is 199 Å². The number of hydrogen-bond donors (Lipinski definition) is 3. The molecule has 0 bridgehead atoms. The molecule has 0 fully saturated rings. The molecule has 3 unspecified atom stereocenters. The lowest BCUT2D eigenvalue weighted by Crippen LogP contribution is -2.46. The zero-order valence-corrected chi connectivity index (χ0v) is 39.2. The maximum Gasteiger partial charge on any atom is 0.472 e. The number of carbonyl (C=O) groups is 1. The van der Waals surface area contributed by atoms with Crippen molar-refractivity contribution in [2.75, 3.05) is 40.9 Å². The highest BCUT2D eigenvalue weighted by atomic mass is 31.2. The first-order valence-electron chi connectivity index (χ1n) is 24.2. The van der Waals surface area contributed by atoms with Crippen LogP contribution in [0.15, 0.2) is 24.3 Å². The van der Waals surface area contributed by atoms with Crippen LogP contribution in [0.2, 0.25) is 0 Å². The minimum atomic E-state index is -4.32. The van der Waals surface area contributed by atoms with E-state index in [1.165, 1.54) is 135 Å². The maximum atomic E-state index is 12.9. The Labute approximate surface area is 354 Å².